The molecule has 0 unspecified atom stereocenters. The van der Waals surface area contributed by atoms with Crippen LogP contribution in [0.25, 0.3) is 0 Å². The van der Waals surface area contributed by atoms with Crippen molar-refractivity contribution < 1.29 is 14.3 Å². The van der Waals surface area contributed by atoms with E-state index in [1.807, 2.05) is 30.3 Å². The SMILES string of the molecule is CC(C)C(=O)Nc1cn(CC(=O)Nc2ccc(Oc3ccccc3)cc2)nn1. The average molecular weight is 379 g/mol. The second-order valence-corrected chi connectivity index (χ2v) is 6.43. The number of carbonyl (C=O) groups is 2. The predicted molar refractivity (Wildman–Crippen MR) is 105 cm³/mol. The van der Waals surface area contributed by atoms with E-state index in [1.54, 1.807) is 38.1 Å². The first-order valence-electron chi connectivity index (χ1n) is 8.83. The van der Waals surface area contributed by atoms with Crippen molar-refractivity contribution >= 4 is 23.3 Å². The van der Waals surface area contributed by atoms with Crippen LogP contribution in [-0.2, 0) is 16.1 Å². The minimum Gasteiger partial charge on any atom is -0.457 e. The fraction of sp³-hybridized carbons (Fsp3) is 0.200. The number of aromatic nitrogens is 3. The van der Waals surface area contributed by atoms with Gasteiger partial charge in [-0.05, 0) is 36.4 Å². The highest BCUT2D eigenvalue weighted by Crippen LogP contribution is 2.22. The topological polar surface area (TPSA) is 98.1 Å². The Balaban J connectivity index is 1.52. The number of hydrogen-bond donors (Lipinski definition) is 2. The number of rotatable bonds is 7. The van der Waals surface area contributed by atoms with E-state index in [4.69, 9.17) is 4.74 Å². The number of para-hydroxylation sites is 1. The Bertz CT molecular complexity index is 936. The lowest BCUT2D eigenvalue weighted by Crippen LogP contribution is -2.19. The Hall–Kier alpha value is -3.68. The van der Waals surface area contributed by atoms with Crippen LogP contribution in [0, 0.1) is 5.92 Å². The van der Waals surface area contributed by atoms with Gasteiger partial charge in [0, 0.05) is 11.6 Å². The fourth-order valence-electron chi connectivity index (χ4n) is 2.28. The van der Waals surface area contributed by atoms with Crippen molar-refractivity contribution in [3.63, 3.8) is 0 Å². The van der Waals surface area contributed by atoms with Crippen LogP contribution in [0.1, 0.15) is 13.8 Å². The van der Waals surface area contributed by atoms with Crippen molar-refractivity contribution in [2.24, 2.45) is 5.92 Å². The van der Waals surface area contributed by atoms with Gasteiger partial charge in [0.2, 0.25) is 11.8 Å². The molecule has 2 aromatic carbocycles. The number of hydrogen-bond acceptors (Lipinski definition) is 5. The van der Waals surface area contributed by atoms with E-state index >= 15 is 0 Å². The van der Waals surface area contributed by atoms with E-state index < -0.39 is 0 Å². The Morgan fingerprint density at radius 3 is 2.36 bits per heavy atom. The summed E-state index contributed by atoms with van der Waals surface area (Å²) in [7, 11) is 0. The van der Waals surface area contributed by atoms with Crippen molar-refractivity contribution in [2.45, 2.75) is 20.4 Å². The van der Waals surface area contributed by atoms with Crippen LogP contribution in [-0.4, -0.2) is 26.8 Å². The highest BCUT2D eigenvalue weighted by molar-refractivity contribution is 5.91. The highest BCUT2D eigenvalue weighted by atomic mass is 16.5. The third kappa shape index (κ3) is 5.41. The maximum atomic E-state index is 12.2. The molecule has 0 spiro atoms. The van der Waals surface area contributed by atoms with Gasteiger partial charge in [0.25, 0.3) is 0 Å². The standard InChI is InChI=1S/C20H21N5O3/c1-14(2)20(27)22-18-12-25(24-23-18)13-19(26)21-15-8-10-17(11-9-15)28-16-6-4-3-5-7-16/h3-12,14H,13H2,1-2H3,(H,21,26)(H,22,27). The molecule has 0 atom stereocenters. The van der Waals surface area contributed by atoms with E-state index in [-0.39, 0.29) is 24.3 Å². The van der Waals surface area contributed by atoms with Gasteiger partial charge >= 0.3 is 0 Å². The van der Waals surface area contributed by atoms with Gasteiger partial charge in [0.1, 0.15) is 18.0 Å². The third-order valence-electron chi connectivity index (χ3n) is 3.74. The molecule has 8 nitrogen and oxygen atoms in total. The van der Waals surface area contributed by atoms with Crippen LogP contribution in [0.4, 0.5) is 11.5 Å². The number of nitrogens with zero attached hydrogens (tertiary/aromatic N) is 3. The number of ether oxygens (including phenoxy) is 1. The van der Waals surface area contributed by atoms with Crippen molar-refractivity contribution in [3.8, 4) is 11.5 Å². The van der Waals surface area contributed by atoms with Crippen molar-refractivity contribution in [1.29, 1.82) is 0 Å². The molecule has 0 aliphatic carbocycles. The van der Waals surface area contributed by atoms with Crippen molar-refractivity contribution in [2.75, 3.05) is 10.6 Å². The summed E-state index contributed by atoms with van der Waals surface area (Å²) in [6.45, 7) is 3.54. The van der Waals surface area contributed by atoms with Crippen molar-refractivity contribution in [3.05, 3.63) is 60.8 Å². The smallest absolute Gasteiger partial charge is 0.246 e. The van der Waals surface area contributed by atoms with Gasteiger partial charge in [-0.2, -0.15) is 0 Å². The molecule has 28 heavy (non-hydrogen) atoms. The van der Waals surface area contributed by atoms with Gasteiger partial charge in [-0.1, -0.05) is 37.3 Å². The summed E-state index contributed by atoms with van der Waals surface area (Å²) in [5.74, 6) is 1.14. The minimum atomic E-state index is -0.261. The molecule has 144 valence electrons. The molecule has 1 heterocycles. The van der Waals surface area contributed by atoms with Gasteiger partial charge < -0.3 is 15.4 Å². The van der Waals surface area contributed by atoms with E-state index in [0.717, 1.165) is 5.75 Å². The molecule has 0 fully saturated rings. The van der Waals surface area contributed by atoms with Crippen LogP contribution in [0.2, 0.25) is 0 Å². The number of benzene rings is 2. The zero-order chi connectivity index (χ0) is 19.9. The Morgan fingerprint density at radius 1 is 1.00 bits per heavy atom. The van der Waals surface area contributed by atoms with Gasteiger partial charge in [0.15, 0.2) is 5.82 Å². The van der Waals surface area contributed by atoms with E-state index in [1.165, 1.54) is 10.9 Å². The zero-order valence-corrected chi connectivity index (χ0v) is 15.6. The summed E-state index contributed by atoms with van der Waals surface area (Å²) in [5, 5.41) is 13.1. The van der Waals surface area contributed by atoms with Crippen LogP contribution in [0.15, 0.2) is 60.8 Å². The first-order chi connectivity index (χ1) is 13.5. The molecular formula is C20H21N5O3. The first-order valence-corrected chi connectivity index (χ1v) is 8.83. The fourth-order valence-corrected chi connectivity index (χ4v) is 2.28. The van der Waals surface area contributed by atoms with Crippen LogP contribution in [0.5, 0.6) is 11.5 Å². The molecule has 0 bridgehead atoms. The first kappa shape index (κ1) is 19.1. The zero-order valence-electron chi connectivity index (χ0n) is 15.6. The Kier molecular flexibility index (Phi) is 6.01. The van der Waals surface area contributed by atoms with Gasteiger partial charge in [0.05, 0.1) is 6.20 Å². The number of nitrogens with one attached hydrogen (secondary N) is 2. The van der Waals surface area contributed by atoms with Gasteiger partial charge in [-0.3, -0.25) is 9.59 Å². The van der Waals surface area contributed by atoms with Crippen molar-refractivity contribution in [1.82, 2.24) is 15.0 Å². The molecule has 3 aromatic rings. The van der Waals surface area contributed by atoms with E-state index in [0.29, 0.717) is 17.3 Å². The summed E-state index contributed by atoms with van der Waals surface area (Å²) in [6, 6.07) is 16.5. The monoisotopic (exact) mass is 379 g/mol. The lowest BCUT2D eigenvalue weighted by molar-refractivity contribution is -0.119. The lowest BCUT2D eigenvalue weighted by Gasteiger charge is -2.08. The van der Waals surface area contributed by atoms with Crippen LogP contribution < -0.4 is 15.4 Å². The molecule has 0 saturated carbocycles. The molecule has 0 saturated heterocycles. The molecule has 8 heteroatoms. The summed E-state index contributed by atoms with van der Waals surface area (Å²) >= 11 is 0. The Labute approximate surface area is 162 Å². The minimum absolute atomic E-state index is 0.0210. The van der Waals surface area contributed by atoms with E-state index in [9.17, 15) is 9.59 Å². The lowest BCUT2D eigenvalue weighted by atomic mass is 10.2. The second kappa shape index (κ2) is 8.81. The predicted octanol–water partition coefficient (Wildman–Crippen LogP) is 3.30. The number of amides is 2. The molecule has 0 aliphatic rings. The number of carbonyl (C=O) groups excluding carboxylic acids is 2. The molecular weight excluding hydrogens is 358 g/mol. The maximum Gasteiger partial charge on any atom is 0.246 e. The quantitative estimate of drug-likeness (QED) is 0.656. The average Bonchev–Trinajstić information content (AvgIpc) is 3.10. The van der Waals surface area contributed by atoms with Crippen LogP contribution in [0.3, 0.4) is 0 Å². The van der Waals surface area contributed by atoms with Gasteiger partial charge in [-0.25, -0.2) is 4.68 Å². The maximum absolute atomic E-state index is 12.2. The highest BCUT2D eigenvalue weighted by Gasteiger charge is 2.11. The van der Waals surface area contributed by atoms with Crippen LogP contribution >= 0.6 is 0 Å². The molecule has 2 amide bonds. The third-order valence-corrected chi connectivity index (χ3v) is 3.74. The number of anilines is 2. The molecule has 1 aromatic heterocycles. The summed E-state index contributed by atoms with van der Waals surface area (Å²) in [5.41, 5.74) is 0.638. The largest absolute Gasteiger partial charge is 0.457 e. The van der Waals surface area contributed by atoms with Gasteiger partial charge in [-0.15, -0.1) is 5.10 Å². The molecule has 2 N–H and O–H groups in total. The molecule has 3 rings (SSSR count). The normalized spacial score (nSPS) is 10.5. The summed E-state index contributed by atoms with van der Waals surface area (Å²) in [6.07, 6.45) is 1.51. The summed E-state index contributed by atoms with van der Waals surface area (Å²) < 4.78 is 7.07. The summed E-state index contributed by atoms with van der Waals surface area (Å²) in [4.78, 5) is 23.8. The van der Waals surface area contributed by atoms with E-state index in [2.05, 4.69) is 20.9 Å². The second-order valence-electron chi connectivity index (χ2n) is 6.43. The molecule has 0 radical (unpaired) electrons. The molecule has 0 aliphatic heterocycles. The Morgan fingerprint density at radius 2 is 1.68 bits per heavy atom.